The maximum absolute atomic E-state index is 13.8. The highest BCUT2D eigenvalue weighted by atomic mass is 79.9. The zero-order valence-electron chi connectivity index (χ0n) is 11.1. The Bertz CT molecular complexity index is 593. The van der Waals surface area contributed by atoms with Crippen LogP contribution in [-0.2, 0) is 13.0 Å². The van der Waals surface area contributed by atoms with Crippen molar-refractivity contribution in [2.24, 2.45) is 5.73 Å². The van der Waals surface area contributed by atoms with E-state index in [2.05, 4.69) is 21.0 Å². The minimum atomic E-state index is -0.220. The molecule has 0 radical (unpaired) electrons. The van der Waals surface area contributed by atoms with Gasteiger partial charge >= 0.3 is 0 Å². The van der Waals surface area contributed by atoms with Crippen LogP contribution in [0.15, 0.2) is 22.7 Å². The lowest BCUT2D eigenvalue weighted by Crippen LogP contribution is -2.07. The van der Waals surface area contributed by atoms with Gasteiger partial charge in [-0.3, -0.25) is 4.68 Å². The Hall–Kier alpha value is -1.20. The third kappa shape index (κ3) is 3.04. The molecule has 1 heterocycles. The molecule has 0 atom stereocenters. The summed E-state index contributed by atoms with van der Waals surface area (Å²) in [6.07, 6.45) is 0.806. The predicted octanol–water partition coefficient (Wildman–Crippen LogP) is 2.95. The molecule has 0 fully saturated rings. The van der Waals surface area contributed by atoms with Crippen molar-refractivity contribution >= 4 is 15.9 Å². The quantitative estimate of drug-likeness (QED) is 0.939. The minimum Gasteiger partial charge on any atom is -0.330 e. The summed E-state index contributed by atoms with van der Waals surface area (Å²) in [5.41, 5.74) is 9.43. The van der Waals surface area contributed by atoms with Gasteiger partial charge in [0.1, 0.15) is 5.82 Å². The van der Waals surface area contributed by atoms with E-state index in [4.69, 9.17) is 5.73 Å². The fraction of sp³-hybridized carbons (Fsp3) is 0.357. The molecule has 3 nitrogen and oxygen atoms in total. The molecule has 102 valence electrons. The summed E-state index contributed by atoms with van der Waals surface area (Å²) in [4.78, 5) is 0. The van der Waals surface area contributed by atoms with Crippen molar-refractivity contribution in [1.82, 2.24) is 9.78 Å². The molecule has 1 aromatic heterocycles. The van der Waals surface area contributed by atoms with E-state index in [1.807, 2.05) is 24.6 Å². The Morgan fingerprint density at radius 1 is 1.37 bits per heavy atom. The summed E-state index contributed by atoms with van der Waals surface area (Å²) >= 11 is 3.26. The molecule has 0 spiro atoms. The Balaban J connectivity index is 2.31. The topological polar surface area (TPSA) is 43.8 Å². The zero-order chi connectivity index (χ0) is 14.0. The SMILES string of the molecule is Cc1nn(Cc2ccc(Br)cc2F)c(C)c1CCN. The van der Waals surface area contributed by atoms with Crippen molar-refractivity contribution in [3.8, 4) is 0 Å². The first-order valence-corrected chi connectivity index (χ1v) is 6.99. The number of halogens is 2. The van der Waals surface area contributed by atoms with E-state index < -0.39 is 0 Å². The van der Waals surface area contributed by atoms with Crippen LogP contribution in [0.25, 0.3) is 0 Å². The lowest BCUT2D eigenvalue weighted by Gasteiger charge is -2.07. The summed E-state index contributed by atoms with van der Waals surface area (Å²) in [6, 6.07) is 5.09. The third-order valence-corrected chi connectivity index (χ3v) is 3.75. The summed E-state index contributed by atoms with van der Waals surface area (Å²) < 4.78 is 16.4. The molecular weight excluding hydrogens is 309 g/mol. The van der Waals surface area contributed by atoms with Gasteiger partial charge in [0, 0.05) is 15.7 Å². The lowest BCUT2D eigenvalue weighted by atomic mass is 10.1. The molecule has 1 aromatic carbocycles. The van der Waals surface area contributed by atoms with Crippen LogP contribution < -0.4 is 5.73 Å². The second-order valence-corrected chi connectivity index (χ2v) is 5.50. The van der Waals surface area contributed by atoms with E-state index in [9.17, 15) is 4.39 Å². The molecule has 2 rings (SSSR count). The summed E-state index contributed by atoms with van der Waals surface area (Å²) in [6.45, 7) is 5.00. The van der Waals surface area contributed by atoms with Crippen molar-refractivity contribution < 1.29 is 4.39 Å². The molecule has 2 N–H and O–H groups in total. The Morgan fingerprint density at radius 3 is 2.74 bits per heavy atom. The van der Waals surface area contributed by atoms with Crippen LogP contribution in [0.1, 0.15) is 22.5 Å². The maximum atomic E-state index is 13.8. The molecule has 0 unspecified atom stereocenters. The number of rotatable bonds is 4. The highest BCUT2D eigenvalue weighted by Crippen LogP contribution is 2.19. The number of benzene rings is 1. The van der Waals surface area contributed by atoms with E-state index in [-0.39, 0.29) is 5.82 Å². The normalized spacial score (nSPS) is 11.0. The first-order chi connectivity index (χ1) is 9.02. The standard InChI is InChI=1S/C14H17BrFN3/c1-9-13(5-6-17)10(2)19(18-9)8-11-3-4-12(15)7-14(11)16/h3-4,7H,5-6,8,17H2,1-2H3. The van der Waals surface area contributed by atoms with Crippen LogP contribution in [-0.4, -0.2) is 16.3 Å². The average molecular weight is 326 g/mol. The van der Waals surface area contributed by atoms with E-state index in [1.54, 1.807) is 6.07 Å². The van der Waals surface area contributed by atoms with Gasteiger partial charge in [0.15, 0.2) is 0 Å². The van der Waals surface area contributed by atoms with Crippen molar-refractivity contribution in [3.63, 3.8) is 0 Å². The Labute approximate surface area is 120 Å². The van der Waals surface area contributed by atoms with Gasteiger partial charge in [-0.2, -0.15) is 5.10 Å². The minimum absolute atomic E-state index is 0.220. The van der Waals surface area contributed by atoms with E-state index in [0.29, 0.717) is 18.7 Å². The number of hydrogen-bond acceptors (Lipinski definition) is 2. The van der Waals surface area contributed by atoms with Gasteiger partial charge in [0.2, 0.25) is 0 Å². The van der Waals surface area contributed by atoms with Crippen LogP contribution >= 0.6 is 15.9 Å². The fourth-order valence-electron chi connectivity index (χ4n) is 2.21. The average Bonchev–Trinajstić information content (AvgIpc) is 2.61. The maximum Gasteiger partial charge on any atom is 0.129 e. The molecule has 0 saturated heterocycles. The lowest BCUT2D eigenvalue weighted by molar-refractivity contribution is 0.578. The van der Waals surface area contributed by atoms with Crippen molar-refractivity contribution in [3.05, 3.63) is 51.0 Å². The molecule has 2 aromatic rings. The zero-order valence-corrected chi connectivity index (χ0v) is 12.7. The number of nitrogens with two attached hydrogens (primary N) is 1. The van der Waals surface area contributed by atoms with Crippen LogP contribution in [0.5, 0.6) is 0 Å². The highest BCUT2D eigenvalue weighted by Gasteiger charge is 2.12. The van der Waals surface area contributed by atoms with Crippen LogP contribution in [0.3, 0.4) is 0 Å². The van der Waals surface area contributed by atoms with E-state index in [1.165, 1.54) is 11.6 Å². The molecule has 0 bridgehead atoms. The van der Waals surface area contributed by atoms with Crippen molar-refractivity contribution in [2.45, 2.75) is 26.8 Å². The van der Waals surface area contributed by atoms with Crippen molar-refractivity contribution in [2.75, 3.05) is 6.54 Å². The third-order valence-electron chi connectivity index (χ3n) is 3.26. The molecule has 0 aliphatic heterocycles. The molecule has 5 heteroatoms. The molecule has 0 saturated carbocycles. The highest BCUT2D eigenvalue weighted by molar-refractivity contribution is 9.10. The van der Waals surface area contributed by atoms with Crippen LogP contribution in [0.2, 0.25) is 0 Å². The van der Waals surface area contributed by atoms with Crippen LogP contribution in [0, 0.1) is 19.7 Å². The van der Waals surface area contributed by atoms with Gasteiger partial charge in [0.25, 0.3) is 0 Å². The second-order valence-electron chi connectivity index (χ2n) is 4.58. The fourth-order valence-corrected chi connectivity index (χ4v) is 2.54. The second kappa shape index (κ2) is 5.84. The van der Waals surface area contributed by atoms with Gasteiger partial charge in [-0.15, -0.1) is 0 Å². The first-order valence-electron chi connectivity index (χ1n) is 6.19. The van der Waals surface area contributed by atoms with Gasteiger partial charge < -0.3 is 5.73 Å². The predicted molar refractivity (Wildman–Crippen MR) is 77.7 cm³/mol. The number of aryl methyl sites for hydroxylation is 1. The molecule has 19 heavy (non-hydrogen) atoms. The molecule has 0 amide bonds. The summed E-state index contributed by atoms with van der Waals surface area (Å²) in [5, 5.41) is 4.47. The molecule has 0 aliphatic carbocycles. The monoisotopic (exact) mass is 325 g/mol. The molecular formula is C14H17BrFN3. The van der Waals surface area contributed by atoms with Gasteiger partial charge in [0.05, 0.1) is 12.2 Å². The Kier molecular flexibility index (Phi) is 4.37. The van der Waals surface area contributed by atoms with Crippen LogP contribution in [0.4, 0.5) is 4.39 Å². The number of hydrogen-bond donors (Lipinski definition) is 1. The van der Waals surface area contributed by atoms with Crippen molar-refractivity contribution in [1.29, 1.82) is 0 Å². The molecule has 0 aliphatic rings. The van der Waals surface area contributed by atoms with Gasteiger partial charge in [-0.1, -0.05) is 22.0 Å². The largest absolute Gasteiger partial charge is 0.330 e. The Morgan fingerprint density at radius 2 is 2.11 bits per heavy atom. The first kappa shape index (κ1) is 14.2. The number of aromatic nitrogens is 2. The smallest absolute Gasteiger partial charge is 0.129 e. The van der Waals surface area contributed by atoms with E-state index in [0.717, 1.165) is 22.3 Å². The summed E-state index contributed by atoms with van der Waals surface area (Å²) in [7, 11) is 0. The van der Waals surface area contributed by atoms with E-state index >= 15 is 0 Å². The summed E-state index contributed by atoms with van der Waals surface area (Å²) in [5.74, 6) is -0.220. The van der Waals surface area contributed by atoms with Gasteiger partial charge in [-0.05, 0) is 44.5 Å². The van der Waals surface area contributed by atoms with Gasteiger partial charge in [-0.25, -0.2) is 4.39 Å². The number of nitrogens with zero attached hydrogens (tertiary/aromatic N) is 2.